The van der Waals surface area contributed by atoms with Crippen LogP contribution in [0.3, 0.4) is 0 Å². The van der Waals surface area contributed by atoms with E-state index < -0.39 is 0 Å². The fourth-order valence-corrected chi connectivity index (χ4v) is 4.43. The predicted octanol–water partition coefficient (Wildman–Crippen LogP) is 4.33. The summed E-state index contributed by atoms with van der Waals surface area (Å²) in [7, 11) is 0. The smallest absolute Gasteiger partial charge is 0.220 e. The highest BCUT2D eigenvalue weighted by Crippen LogP contribution is 2.25. The summed E-state index contributed by atoms with van der Waals surface area (Å²) in [4.78, 5) is 27.0. The van der Waals surface area contributed by atoms with Crippen LogP contribution in [-0.4, -0.2) is 41.8 Å². The molecule has 1 aromatic rings. The van der Waals surface area contributed by atoms with E-state index in [1.54, 1.807) is 12.1 Å². The Hall–Kier alpha value is -1.20. The summed E-state index contributed by atoms with van der Waals surface area (Å²) in [6, 6.07) is 8.34. The summed E-state index contributed by atoms with van der Waals surface area (Å²) in [5.74, 6) is 0.0337. The van der Waals surface area contributed by atoms with Crippen molar-refractivity contribution in [2.75, 3.05) is 13.1 Å². The second-order valence-electron chi connectivity index (χ2n) is 7.60. The summed E-state index contributed by atoms with van der Waals surface area (Å²) in [5, 5.41) is 3.13. The molecule has 2 aliphatic rings. The zero-order valence-corrected chi connectivity index (χ0v) is 17.0. The Labute approximate surface area is 164 Å². The fraction of sp³-hybridized carbons (Fsp3) is 0.619. The third-order valence-corrected chi connectivity index (χ3v) is 6.26. The van der Waals surface area contributed by atoms with Crippen molar-refractivity contribution < 1.29 is 9.59 Å². The van der Waals surface area contributed by atoms with E-state index >= 15 is 0 Å². The molecular formula is C21H29BrN2O2. The summed E-state index contributed by atoms with van der Waals surface area (Å²) in [6.07, 6.45) is 9.42. The Balaban J connectivity index is 1.36. The number of carbonyl (C=O) groups is 2. The number of benzene rings is 1. The standard InChI is InChI=1S/C21H29BrN2O2/c22-17-8-6-16(7-9-17)20(25)10-11-21(26)23-18-12-14-24(15-13-18)19-4-2-1-3-5-19/h6-9,18-19H,1-5,10-15H2,(H,23,26). The van der Waals surface area contributed by atoms with Crippen molar-refractivity contribution in [3.05, 3.63) is 34.3 Å². The van der Waals surface area contributed by atoms with Crippen LogP contribution in [0.5, 0.6) is 0 Å². The van der Waals surface area contributed by atoms with Gasteiger partial charge in [-0.25, -0.2) is 0 Å². The Kier molecular flexibility index (Phi) is 7.26. The molecule has 1 amide bonds. The molecule has 1 aromatic carbocycles. The minimum Gasteiger partial charge on any atom is -0.353 e. The number of Topliss-reactive ketones (excluding diaryl/α,β-unsaturated/α-hetero) is 1. The van der Waals surface area contributed by atoms with E-state index in [1.807, 2.05) is 12.1 Å². The minimum atomic E-state index is 0.00609. The lowest BCUT2D eigenvalue weighted by atomic mass is 9.92. The minimum absolute atomic E-state index is 0.00609. The van der Waals surface area contributed by atoms with Gasteiger partial charge in [-0.05, 0) is 37.8 Å². The van der Waals surface area contributed by atoms with Crippen molar-refractivity contribution >= 4 is 27.6 Å². The van der Waals surface area contributed by atoms with Crippen LogP contribution >= 0.6 is 15.9 Å². The third-order valence-electron chi connectivity index (χ3n) is 5.73. The summed E-state index contributed by atoms with van der Waals surface area (Å²) in [6.45, 7) is 2.18. The van der Waals surface area contributed by atoms with Crippen molar-refractivity contribution in [3.63, 3.8) is 0 Å². The molecule has 4 nitrogen and oxygen atoms in total. The summed E-state index contributed by atoms with van der Waals surface area (Å²) < 4.78 is 0.950. The molecule has 0 spiro atoms. The molecule has 2 fully saturated rings. The largest absolute Gasteiger partial charge is 0.353 e. The van der Waals surface area contributed by atoms with Gasteiger partial charge in [0.25, 0.3) is 0 Å². The molecule has 0 atom stereocenters. The number of likely N-dealkylation sites (tertiary alicyclic amines) is 1. The first-order chi connectivity index (χ1) is 12.6. The molecule has 5 heteroatoms. The van der Waals surface area contributed by atoms with Crippen LogP contribution in [0.15, 0.2) is 28.7 Å². The second-order valence-corrected chi connectivity index (χ2v) is 8.52. The van der Waals surface area contributed by atoms with E-state index in [2.05, 4.69) is 26.1 Å². The predicted molar refractivity (Wildman–Crippen MR) is 107 cm³/mol. The van der Waals surface area contributed by atoms with Gasteiger partial charge in [0.2, 0.25) is 5.91 Å². The van der Waals surface area contributed by atoms with Crippen molar-refractivity contribution in [2.45, 2.75) is 69.9 Å². The highest BCUT2D eigenvalue weighted by atomic mass is 79.9. The summed E-state index contributed by atoms with van der Waals surface area (Å²) >= 11 is 3.36. The molecule has 1 heterocycles. The molecular weight excluding hydrogens is 392 g/mol. The highest BCUT2D eigenvalue weighted by molar-refractivity contribution is 9.10. The normalized spacial score (nSPS) is 20.0. The molecule has 142 valence electrons. The van der Waals surface area contributed by atoms with Crippen molar-refractivity contribution in [1.82, 2.24) is 10.2 Å². The monoisotopic (exact) mass is 420 g/mol. The first kappa shape index (κ1) is 19.6. The molecule has 26 heavy (non-hydrogen) atoms. The average molecular weight is 421 g/mol. The fourth-order valence-electron chi connectivity index (χ4n) is 4.16. The zero-order valence-electron chi connectivity index (χ0n) is 15.4. The number of carbonyl (C=O) groups excluding carboxylic acids is 2. The molecule has 3 rings (SSSR count). The summed E-state index contributed by atoms with van der Waals surface area (Å²) in [5.41, 5.74) is 0.668. The van der Waals surface area contributed by atoms with E-state index in [4.69, 9.17) is 0 Å². The Bertz CT molecular complexity index is 603. The van der Waals surface area contributed by atoms with Gasteiger partial charge in [0.05, 0.1) is 0 Å². The first-order valence-corrected chi connectivity index (χ1v) is 10.7. The molecule has 0 aromatic heterocycles. The number of hydrogen-bond donors (Lipinski definition) is 1. The quantitative estimate of drug-likeness (QED) is 0.696. The van der Waals surface area contributed by atoms with Crippen LogP contribution in [0.1, 0.15) is 68.1 Å². The van der Waals surface area contributed by atoms with Gasteiger partial charge in [-0.1, -0.05) is 47.3 Å². The number of nitrogens with one attached hydrogen (secondary N) is 1. The van der Waals surface area contributed by atoms with Gasteiger partial charge in [-0.15, -0.1) is 0 Å². The number of amides is 1. The van der Waals surface area contributed by atoms with E-state index in [1.165, 1.54) is 32.1 Å². The zero-order chi connectivity index (χ0) is 18.4. The van der Waals surface area contributed by atoms with Crippen LogP contribution < -0.4 is 5.32 Å². The molecule has 1 saturated carbocycles. The Morgan fingerprint density at radius 1 is 0.962 bits per heavy atom. The molecule has 1 saturated heterocycles. The van der Waals surface area contributed by atoms with Gasteiger partial charge in [-0.2, -0.15) is 0 Å². The molecule has 0 bridgehead atoms. The van der Waals surface area contributed by atoms with Crippen LogP contribution in [0.2, 0.25) is 0 Å². The van der Waals surface area contributed by atoms with Crippen molar-refractivity contribution in [3.8, 4) is 0 Å². The van der Waals surface area contributed by atoms with Crippen molar-refractivity contribution in [2.24, 2.45) is 0 Å². The number of hydrogen-bond acceptors (Lipinski definition) is 3. The van der Waals surface area contributed by atoms with Crippen LogP contribution in [-0.2, 0) is 4.79 Å². The van der Waals surface area contributed by atoms with Gasteiger partial charge < -0.3 is 10.2 Å². The number of nitrogens with zero attached hydrogens (tertiary/aromatic N) is 1. The number of ketones is 1. The molecule has 1 aliphatic heterocycles. The molecule has 1 N–H and O–H groups in total. The topological polar surface area (TPSA) is 49.4 Å². The van der Waals surface area contributed by atoms with E-state index in [-0.39, 0.29) is 30.6 Å². The molecule has 0 radical (unpaired) electrons. The Morgan fingerprint density at radius 2 is 1.62 bits per heavy atom. The second kappa shape index (κ2) is 9.65. The first-order valence-electron chi connectivity index (χ1n) is 9.94. The lowest BCUT2D eigenvalue weighted by molar-refractivity contribution is -0.122. The van der Waals surface area contributed by atoms with Gasteiger partial charge in [0, 0.05) is 48.1 Å². The molecule has 0 unspecified atom stereocenters. The van der Waals surface area contributed by atoms with Gasteiger partial charge in [0.15, 0.2) is 5.78 Å². The van der Waals surface area contributed by atoms with Gasteiger partial charge in [0.1, 0.15) is 0 Å². The number of piperidine rings is 1. The Morgan fingerprint density at radius 3 is 2.27 bits per heavy atom. The van der Waals surface area contributed by atoms with E-state index in [9.17, 15) is 9.59 Å². The SMILES string of the molecule is O=C(CCC(=O)c1ccc(Br)cc1)NC1CCN(C2CCCCC2)CC1. The number of rotatable bonds is 6. The van der Waals surface area contributed by atoms with Crippen LogP contribution in [0.4, 0.5) is 0 Å². The maximum absolute atomic E-state index is 12.2. The number of halogens is 1. The van der Waals surface area contributed by atoms with Gasteiger partial charge >= 0.3 is 0 Å². The van der Waals surface area contributed by atoms with Crippen LogP contribution in [0, 0.1) is 0 Å². The lowest BCUT2D eigenvalue weighted by Gasteiger charge is -2.39. The lowest BCUT2D eigenvalue weighted by Crippen LogP contribution is -2.48. The van der Waals surface area contributed by atoms with Crippen molar-refractivity contribution in [1.29, 1.82) is 0 Å². The maximum atomic E-state index is 12.2. The highest BCUT2D eigenvalue weighted by Gasteiger charge is 2.26. The van der Waals surface area contributed by atoms with Gasteiger partial charge in [-0.3, -0.25) is 9.59 Å². The molecule has 1 aliphatic carbocycles. The third kappa shape index (κ3) is 5.65. The average Bonchev–Trinajstić information content (AvgIpc) is 2.68. The maximum Gasteiger partial charge on any atom is 0.220 e. The van der Waals surface area contributed by atoms with Crippen LogP contribution in [0.25, 0.3) is 0 Å². The van der Waals surface area contributed by atoms with E-state index in [0.29, 0.717) is 5.56 Å². The van der Waals surface area contributed by atoms with E-state index in [0.717, 1.165) is 36.4 Å².